The van der Waals surface area contributed by atoms with E-state index in [0.717, 1.165) is 12.0 Å². The van der Waals surface area contributed by atoms with Gasteiger partial charge >= 0.3 is 12.1 Å². The summed E-state index contributed by atoms with van der Waals surface area (Å²) in [7, 11) is -4.00. The molecule has 0 unspecified atom stereocenters. The lowest BCUT2D eigenvalue weighted by Crippen LogP contribution is -2.41. The molecule has 164 valence electrons. The summed E-state index contributed by atoms with van der Waals surface area (Å²) >= 11 is 0. The molecular formula is C20H26N2O7S. The molecule has 0 saturated carbocycles. The first-order valence-corrected chi connectivity index (χ1v) is 10.6. The van der Waals surface area contributed by atoms with Crippen molar-refractivity contribution in [2.75, 3.05) is 6.54 Å². The topological polar surface area (TPSA) is 156 Å². The number of amides is 1. The van der Waals surface area contributed by atoms with Gasteiger partial charge in [-0.25, -0.2) is 9.59 Å². The standard InChI is InChI=1S/C14H20N2O4.C6H6O3S/c15-9-5-4-8-12(13(17)18)16-14(19)20-10-11-6-2-1-3-7-11;7-10(8,9)6-4-2-1-3-5-6/h1-3,6-7,12H,4-5,8-10,15H2,(H,16,19)(H,17,18);1-5H,(H,7,8,9)/t12-;/m0./s1. The molecule has 9 nitrogen and oxygen atoms in total. The number of carbonyl (C=O) groups excluding carboxylic acids is 1. The van der Waals surface area contributed by atoms with E-state index in [1.165, 1.54) is 12.1 Å². The van der Waals surface area contributed by atoms with Gasteiger partial charge in [0.1, 0.15) is 12.6 Å². The molecule has 30 heavy (non-hydrogen) atoms. The van der Waals surface area contributed by atoms with Gasteiger partial charge in [-0.05, 0) is 43.5 Å². The van der Waals surface area contributed by atoms with Gasteiger partial charge in [0.2, 0.25) is 0 Å². The molecule has 0 bridgehead atoms. The van der Waals surface area contributed by atoms with E-state index < -0.39 is 28.2 Å². The van der Waals surface area contributed by atoms with E-state index in [4.69, 9.17) is 20.1 Å². The zero-order chi connectivity index (χ0) is 22.4. The Morgan fingerprint density at radius 1 is 1.00 bits per heavy atom. The number of rotatable bonds is 9. The number of carboxylic acid groups (broad SMARTS) is 1. The molecule has 0 aliphatic heterocycles. The highest BCUT2D eigenvalue weighted by atomic mass is 32.2. The Morgan fingerprint density at radius 3 is 2.03 bits per heavy atom. The lowest BCUT2D eigenvalue weighted by atomic mass is 10.1. The van der Waals surface area contributed by atoms with Gasteiger partial charge in [0.25, 0.3) is 10.1 Å². The first-order valence-electron chi connectivity index (χ1n) is 9.16. The third kappa shape index (κ3) is 10.6. The zero-order valence-corrected chi connectivity index (χ0v) is 17.1. The summed E-state index contributed by atoms with van der Waals surface area (Å²) < 4.78 is 34.2. The van der Waals surface area contributed by atoms with Crippen LogP contribution in [0.2, 0.25) is 0 Å². The molecular weight excluding hydrogens is 412 g/mol. The summed E-state index contributed by atoms with van der Waals surface area (Å²) in [5.41, 5.74) is 6.19. The summed E-state index contributed by atoms with van der Waals surface area (Å²) in [6, 6.07) is 15.7. The number of alkyl carbamates (subject to hydrolysis) is 1. The van der Waals surface area contributed by atoms with Gasteiger partial charge < -0.3 is 20.9 Å². The first kappa shape index (κ1) is 25.1. The van der Waals surface area contributed by atoms with Crippen molar-refractivity contribution in [3.63, 3.8) is 0 Å². The van der Waals surface area contributed by atoms with Crippen molar-refractivity contribution >= 4 is 22.2 Å². The normalized spacial score (nSPS) is 11.5. The van der Waals surface area contributed by atoms with Crippen LogP contribution in [0.1, 0.15) is 24.8 Å². The SMILES string of the molecule is NCCCC[C@H](NC(=O)OCc1ccccc1)C(=O)O.O=S(=O)(O)c1ccccc1. The Labute approximate surface area is 175 Å². The molecule has 2 aromatic rings. The van der Waals surface area contributed by atoms with E-state index in [-0.39, 0.29) is 11.5 Å². The minimum Gasteiger partial charge on any atom is -0.480 e. The highest BCUT2D eigenvalue weighted by molar-refractivity contribution is 7.85. The van der Waals surface area contributed by atoms with Gasteiger partial charge in [-0.2, -0.15) is 8.42 Å². The van der Waals surface area contributed by atoms with Gasteiger partial charge in [0.15, 0.2) is 0 Å². The molecule has 0 fully saturated rings. The molecule has 2 rings (SSSR count). The Bertz CT molecular complexity index is 875. The number of ether oxygens (including phenoxy) is 1. The van der Waals surface area contributed by atoms with E-state index in [1.807, 2.05) is 30.3 Å². The van der Waals surface area contributed by atoms with Gasteiger partial charge in [0, 0.05) is 0 Å². The smallest absolute Gasteiger partial charge is 0.408 e. The number of hydrogen-bond acceptors (Lipinski definition) is 6. The van der Waals surface area contributed by atoms with Crippen molar-refractivity contribution in [3.8, 4) is 0 Å². The van der Waals surface area contributed by atoms with Crippen LogP contribution < -0.4 is 11.1 Å². The molecule has 5 N–H and O–H groups in total. The second kappa shape index (κ2) is 13.3. The fraction of sp³-hybridized carbons (Fsp3) is 0.300. The molecule has 1 atom stereocenters. The molecule has 0 spiro atoms. The van der Waals surface area contributed by atoms with Crippen LogP contribution in [0.3, 0.4) is 0 Å². The molecule has 2 aromatic carbocycles. The van der Waals surface area contributed by atoms with Crippen LogP contribution in [0.5, 0.6) is 0 Å². The molecule has 0 radical (unpaired) electrons. The van der Waals surface area contributed by atoms with E-state index in [9.17, 15) is 18.0 Å². The number of carbonyl (C=O) groups is 2. The fourth-order valence-electron chi connectivity index (χ4n) is 2.25. The summed E-state index contributed by atoms with van der Waals surface area (Å²) in [6.45, 7) is 0.618. The van der Waals surface area contributed by atoms with Crippen molar-refractivity contribution in [3.05, 3.63) is 66.2 Å². The second-order valence-electron chi connectivity index (χ2n) is 6.17. The predicted octanol–water partition coefficient (Wildman–Crippen LogP) is 2.43. The number of nitrogens with two attached hydrogens (primary N) is 1. The largest absolute Gasteiger partial charge is 0.480 e. The van der Waals surface area contributed by atoms with Crippen molar-refractivity contribution in [1.82, 2.24) is 5.32 Å². The minimum atomic E-state index is -4.00. The number of unbranched alkanes of at least 4 members (excludes halogenated alkanes) is 1. The molecule has 0 aliphatic rings. The van der Waals surface area contributed by atoms with Gasteiger partial charge in [-0.1, -0.05) is 48.5 Å². The van der Waals surface area contributed by atoms with Gasteiger partial charge in [-0.15, -0.1) is 0 Å². The van der Waals surface area contributed by atoms with E-state index in [1.54, 1.807) is 18.2 Å². The van der Waals surface area contributed by atoms with Crippen LogP contribution in [-0.4, -0.2) is 42.7 Å². The van der Waals surface area contributed by atoms with E-state index in [2.05, 4.69) is 5.32 Å². The Kier molecular flexibility index (Phi) is 11.1. The van der Waals surface area contributed by atoms with Crippen LogP contribution in [0.4, 0.5) is 4.79 Å². The average molecular weight is 439 g/mol. The van der Waals surface area contributed by atoms with Gasteiger partial charge in [-0.3, -0.25) is 4.55 Å². The molecule has 0 saturated heterocycles. The molecule has 0 aliphatic carbocycles. The first-order chi connectivity index (χ1) is 14.2. The second-order valence-corrected chi connectivity index (χ2v) is 7.59. The number of benzene rings is 2. The molecule has 0 heterocycles. The fourth-order valence-corrected chi connectivity index (χ4v) is 2.75. The zero-order valence-electron chi connectivity index (χ0n) is 16.3. The summed E-state index contributed by atoms with van der Waals surface area (Å²) in [6.07, 6.45) is 0.984. The van der Waals surface area contributed by atoms with Crippen molar-refractivity contribution < 1.29 is 32.4 Å². The average Bonchev–Trinajstić information content (AvgIpc) is 2.73. The van der Waals surface area contributed by atoms with Crippen LogP contribution >= 0.6 is 0 Å². The van der Waals surface area contributed by atoms with Crippen LogP contribution in [0, 0.1) is 0 Å². The highest BCUT2D eigenvalue weighted by Gasteiger charge is 2.19. The Hall–Kier alpha value is -2.95. The third-order valence-electron chi connectivity index (χ3n) is 3.79. The molecule has 1 amide bonds. The summed E-state index contributed by atoms with van der Waals surface area (Å²) in [5.74, 6) is -1.07. The minimum absolute atomic E-state index is 0.0741. The van der Waals surface area contributed by atoms with E-state index >= 15 is 0 Å². The van der Waals surface area contributed by atoms with Crippen LogP contribution in [0.25, 0.3) is 0 Å². The third-order valence-corrected chi connectivity index (χ3v) is 4.66. The predicted molar refractivity (Wildman–Crippen MR) is 110 cm³/mol. The van der Waals surface area contributed by atoms with Crippen LogP contribution in [0.15, 0.2) is 65.6 Å². The maximum Gasteiger partial charge on any atom is 0.408 e. The number of carboxylic acids is 1. The van der Waals surface area contributed by atoms with Crippen LogP contribution in [-0.2, 0) is 26.3 Å². The maximum absolute atomic E-state index is 11.5. The monoisotopic (exact) mass is 438 g/mol. The van der Waals surface area contributed by atoms with Crippen molar-refractivity contribution in [2.45, 2.75) is 36.8 Å². The molecule has 0 aromatic heterocycles. The van der Waals surface area contributed by atoms with E-state index in [0.29, 0.717) is 19.4 Å². The summed E-state index contributed by atoms with van der Waals surface area (Å²) in [4.78, 5) is 22.5. The Morgan fingerprint density at radius 2 is 1.57 bits per heavy atom. The summed E-state index contributed by atoms with van der Waals surface area (Å²) in [5, 5.41) is 11.3. The number of nitrogens with one attached hydrogen (secondary N) is 1. The molecule has 10 heteroatoms. The maximum atomic E-state index is 11.5. The van der Waals surface area contributed by atoms with Gasteiger partial charge in [0.05, 0.1) is 4.90 Å². The lowest BCUT2D eigenvalue weighted by molar-refractivity contribution is -0.139. The van der Waals surface area contributed by atoms with Crippen molar-refractivity contribution in [1.29, 1.82) is 0 Å². The highest BCUT2D eigenvalue weighted by Crippen LogP contribution is 2.05. The lowest BCUT2D eigenvalue weighted by Gasteiger charge is -2.14. The number of hydrogen-bond donors (Lipinski definition) is 4. The van der Waals surface area contributed by atoms with Crippen molar-refractivity contribution in [2.24, 2.45) is 5.73 Å². The number of aliphatic carboxylic acids is 1. The Balaban J connectivity index is 0.000000375. The quantitative estimate of drug-likeness (QED) is 0.343.